The molecule has 3 aromatic rings. The SMILES string of the molecule is FC(F)C(F)(F)Oc1cccc(Nc2nccc(-c3ccnc(NCCN4CCNCC4)c3)n2)c1. The van der Waals surface area contributed by atoms with Crippen molar-refractivity contribution in [3.63, 3.8) is 0 Å². The summed E-state index contributed by atoms with van der Waals surface area (Å²) in [5.41, 5.74) is 1.73. The number of alkyl halides is 4. The first-order chi connectivity index (χ1) is 16.9. The Labute approximate surface area is 199 Å². The van der Waals surface area contributed by atoms with Crippen molar-refractivity contribution in [1.82, 2.24) is 25.2 Å². The minimum absolute atomic E-state index is 0.199. The van der Waals surface area contributed by atoms with Crippen molar-refractivity contribution in [1.29, 1.82) is 0 Å². The summed E-state index contributed by atoms with van der Waals surface area (Å²) in [5.74, 6) is 0.503. The van der Waals surface area contributed by atoms with Gasteiger partial charge in [-0.05, 0) is 30.3 Å². The van der Waals surface area contributed by atoms with E-state index in [1.54, 1.807) is 24.5 Å². The van der Waals surface area contributed by atoms with E-state index in [1.165, 1.54) is 12.1 Å². The lowest BCUT2D eigenvalue weighted by atomic mass is 10.2. The van der Waals surface area contributed by atoms with E-state index in [0.717, 1.165) is 56.7 Å². The van der Waals surface area contributed by atoms with Crippen molar-refractivity contribution >= 4 is 17.5 Å². The first-order valence-electron chi connectivity index (χ1n) is 11.1. The standard InChI is InChI=1S/C23H25F4N7O/c24-21(25)23(26,27)35-18-3-1-2-17(15-18)32-22-31-7-5-19(33-22)16-4-6-29-20(14-16)30-10-13-34-11-8-28-9-12-34/h1-7,14-15,21,28H,8-13H2,(H,29,30)(H,31,32,33). The minimum atomic E-state index is -4.59. The predicted molar refractivity (Wildman–Crippen MR) is 124 cm³/mol. The highest BCUT2D eigenvalue weighted by Crippen LogP contribution is 2.29. The molecule has 1 aliphatic rings. The van der Waals surface area contributed by atoms with Crippen molar-refractivity contribution in [3.8, 4) is 17.0 Å². The van der Waals surface area contributed by atoms with Crippen molar-refractivity contribution < 1.29 is 22.3 Å². The topological polar surface area (TPSA) is 87.2 Å². The van der Waals surface area contributed by atoms with Gasteiger partial charge in [0.2, 0.25) is 5.95 Å². The quantitative estimate of drug-likeness (QED) is 0.369. The Morgan fingerprint density at radius 3 is 2.66 bits per heavy atom. The molecule has 1 aromatic carbocycles. The van der Waals surface area contributed by atoms with Gasteiger partial charge in [-0.15, -0.1) is 0 Å². The highest BCUT2D eigenvalue weighted by atomic mass is 19.3. The lowest BCUT2D eigenvalue weighted by Gasteiger charge is -2.27. The number of nitrogens with zero attached hydrogens (tertiary/aromatic N) is 4. The van der Waals surface area contributed by atoms with Crippen molar-refractivity contribution in [2.45, 2.75) is 12.5 Å². The minimum Gasteiger partial charge on any atom is -0.428 e. The van der Waals surface area contributed by atoms with E-state index in [4.69, 9.17) is 0 Å². The fraction of sp³-hybridized carbons (Fsp3) is 0.348. The molecule has 1 aliphatic heterocycles. The number of pyridine rings is 1. The third-order valence-electron chi connectivity index (χ3n) is 5.25. The maximum absolute atomic E-state index is 13.2. The summed E-state index contributed by atoms with van der Waals surface area (Å²) in [5, 5.41) is 9.54. The van der Waals surface area contributed by atoms with Gasteiger partial charge in [-0.1, -0.05) is 6.07 Å². The summed E-state index contributed by atoms with van der Waals surface area (Å²) >= 11 is 0. The normalized spacial score (nSPS) is 14.7. The molecule has 0 spiro atoms. The lowest BCUT2D eigenvalue weighted by molar-refractivity contribution is -0.253. The van der Waals surface area contributed by atoms with Gasteiger partial charge >= 0.3 is 12.5 Å². The number of piperazine rings is 1. The Balaban J connectivity index is 1.40. The number of ether oxygens (including phenoxy) is 1. The summed E-state index contributed by atoms with van der Waals surface area (Å²) in [4.78, 5) is 15.3. The second-order valence-corrected chi connectivity index (χ2v) is 7.83. The number of nitrogens with one attached hydrogen (secondary N) is 3. The van der Waals surface area contributed by atoms with Crippen LogP contribution in [0.2, 0.25) is 0 Å². The molecular weight excluding hydrogens is 466 g/mol. The van der Waals surface area contributed by atoms with E-state index < -0.39 is 18.3 Å². The zero-order chi connectivity index (χ0) is 24.7. The Kier molecular flexibility index (Phi) is 7.93. The van der Waals surface area contributed by atoms with Gasteiger partial charge in [0.1, 0.15) is 11.6 Å². The first-order valence-corrected chi connectivity index (χ1v) is 11.1. The van der Waals surface area contributed by atoms with Crippen LogP contribution in [0.25, 0.3) is 11.3 Å². The third kappa shape index (κ3) is 6.99. The van der Waals surface area contributed by atoms with E-state index in [9.17, 15) is 17.6 Å². The number of anilines is 3. The highest BCUT2D eigenvalue weighted by molar-refractivity contribution is 5.65. The molecule has 4 rings (SSSR count). The lowest BCUT2D eigenvalue weighted by Crippen LogP contribution is -2.45. The molecule has 35 heavy (non-hydrogen) atoms. The van der Waals surface area contributed by atoms with Crippen LogP contribution in [0, 0.1) is 0 Å². The molecule has 8 nitrogen and oxygen atoms in total. The van der Waals surface area contributed by atoms with Crippen molar-refractivity contribution in [3.05, 3.63) is 54.9 Å². The third-order valence-corrected chi connectivity index (χ3v) is 5.25. The number of halogens is 4. The molecule has 0 atom stereocenters. The molecule has 0 unspecified atom stereocenters. The molecule has 0 bridgehead atoms. The van der Waals surface area contributed by atoms with Crippen LogP contribution >= 0.6 is 0 Å². The summed E-state index contributed by atoms with van der Waals surface area (Å²) in [6, 6.07) is 10.7. The summed E-state index contributed by atoms with van der Waals surface area (Å²) < 4.78 is 55.4. The van der Waals surface area contributed by atoms with Crippen LogP contribution in [-0.4, -0.2) is 71.7 Å². The van der Waals surface area contributed by atoms with E-state index in [1.807, 2.05) is 12.1 Å². The van der Waals surface area contributed by atoms with Crippen molar-refractivity contribution in [2.24, 2.45) is 0 Å². The van der Waals surface area contributed by atoms with Gasteiger partial charge in [0.05, 0.1) is 5.69 Å². The van der Waals surface area contributed by atoms with E-state index in [-0.39, 0.29) is 5.95 Å². The maximum Gasteiger partial charge on any atom is 0.461 e. The van der Waals surface area contributed by atoms with Crippen LogP contribution in [0.4, 0.5) is 35.0 Å². The molecule has 0 saturated carbocycles. The Morgan fingerprint density at radius 2 is 1.86 bits per heavy atom. The van der Waals surface area contributed by atoms with Crippen molar-refractivity contribution in [2.75, 3.05) is 49.9 Å². The first kappa shape index (κ1) is 24.6. The second-order valence-electron chi connectivity index (χ2n) is 7.83. The van der Waals surface area contributed by atoms with E-state index in [2.05, 4.69) is 40.5 Å². The van der Waals surface area contributed by atoms with Gasteiger partial charge in [-0.25, -0.2) is 15.0 Å². The predicted octanol–water partition coefficient (Wildman–Crippen LogP) is 3.84. The molecule has 1 fully saturated rings. The van der Waals surface area contributed by atoms with Crippen LogP contribution in [0.1, 0.15) is 0 Å². The smallest absolute Gasteiger partial charge is 0.428 e. The van der Waals surface area contributed by atoms with Crippen LogP contribution in [0.3, 0.4) is 0 Å². The van der Waals surface area contributed by atoms with Gasteiger partial charge in [0.15, 0.2) is 0 Å². The average Bonchev–Trinajstić information content (AvgIpc) is 2.85. The molecule has 186 valence electrons. The monoisotopic (exact) mass is 491 g/mol. The largest absolute Gasteiger partial charge is 0.461 e. The Bertz CT molecular complexity index is 1110. The number of rotatable bonds is 10. The Morgan fingerprint density at radius 1 is 1.06 bits per heavy atom. The van der Waals surface area contributed by atoms with Crippen LogP contribution < -0.4 is 20.7 Å². The highest BCUT2D eigenvalue weighted by Gasteiger charge is 2.44. The molecule has 3 heterocycles. The molecule has 1 saturated heterocycles. The van der Waals surface area contributed by atoms with E-state index >= 15 is 0 Å². The van der Waals surface area contributed by atoms with Gasteiger partial charge in [0.25, 0.3) is 0 Å². The van der Waals surface area contributed by atoms with Gasteiger partial charge in [-0.3, -0.25) is 4.90 Å². The molecular formula is C23H25F4N7O. The summed E-state index contributed by atoms with van der Waals surface area (Å²) in [7, 11) is 0. The van der Waals surface area contributed by atoms with Gasteiger partial charge in [0, 0.05) is 69.0 Å². The molecule has 0 radical (unpaired) electrons. The number of benzene rings is 1. The van der Waals surface area contributed by atoms with E-state index in [0.29, 0.717) is 11.4 Å². The second kappa shape index (κ2) is 11.3. The number of hydrogen-bond donors (Lipinski definition) is 3. The molecule has 3 N–H and O–H groups in total. The zero-order valence-corrected chi connectivity index (χ0v) is 18.7. The zero-order valence-electron chi connectivity index (χ0n) is 18.7. The van der Waals surface area contributed by atoms with Gasteiger partial charge in [-0.2, -0.15) is 17.6 Å². The van der Waals surface area contributed by atoms with Crippen LogP contribution in [-0.2, 0) is 0 Å². The number of aromatic nitrogens is 3. The maximum atomic E-state index is 13.2. The van der Waals surface area contributed by atoms with Crippen LogP contribution in [0.5, 0.6) is 5.75 Å². The molecule has 0 aliphatic carbocycles. The fourth-order valence-corrected chi connectivity index (χ4v) is 3.51. The molecule has 12 heteroatoms. The Hall–Kier alpha value is -3.51. The average molecular weight is 491 g/mol. The fourth-order valence-electron chi connectivity index (χ4n) is 3.51. The number of hydrogen-bond acceptors (Lipinski definition) is 8. The molecule has 2 aromatic heterocycles. The van der Waals surface area contributed by atoms with Gasteiger partial charge < -0.3 is 20.7 Å². The van der Waals surface area contributed by atoms with Crippen LogP contribution in [0.15, 0.2) is 54.9 Å². The summed E-state index contributed by atoms with van der Waals surface area (Å²) in [6.07, 6.45) is -5.30. The summed E-state index contributed by atoms with van der Waals surface area (Å²) in [6.45, 7) is 5.72. The molecule has 0 amide bonds.